The first kappa shape index (κ1) is 14.6. The lowest BCUT2D eigenvalue weighted by atomic mass is 9.94. The number of urea groups is 1. The summed E-state index contributed by atoms with van der Waals surface area (Å²) in [6.07, 6.45) is 5.69. The summed E-state index contributed by atoms with van der Waals surface area (Å²) in [5, 5.41) is 0. The molecule has 3 rings (SSSR count). The maximum Gasteiger partial charge on any atom is 0.314 e. The Labute approximate surface area is 126 Å². The van der Waals surface area contributed by atoms with Crippen molar-refractivity contribution in [1.82, 2.24) is 14.7 Å². The van der Waals surface area contributed by atoms with Crippen LogP contribution in [-0.2, 0) is 4.79 Å². The summed E-state index contributed by atoms with van der Waals surface area (Å²) in [4.78, 5) is 29.9. The van der Waals surface area contributed by atoms with Crippen molar-refractivity contribution < 1.29 is 9.59 Å². The molecule has 0 aromatic carbocycles. The Bertz CT molecular complexity index is 402. The predicted octanol–water partition coefficient (Wildman–Crippen LogP) is 0.474. The van der Waals surface area contributed by atoms with Gasteiger partial charge < -0.3 is 15.5 Å². The molecule has 3 aliphatic heterocycles. The number of carbonyl (C=O) groups excluding carboxylic acids is 2. The van der Waals surface area contributed by atoms with E-state index in [4.69, 9.17) is 5.73 Å². The zero-order valence-corrected chi connectivity index (χ0v) is 12.7. The second-order valence-electron chi connectivity index (χ2n) is 6.62. The number of hydrogen-bond acceptors (Lipinski definition) is 3. The molecule has 3 aliphatic rings. The highest BCUT2D eigenvalue weighted by Gasteiger charge is 2.39. The molecule has 6 heteroatoms. The van der Waals surface area contributed by atoms with Gasteiger partial charge in [0.1, 0.15) is 0 Å². The van der Waals surface area contributed by atoms with E-state index in [-0.39, 0.29) is 11.8 Å². The quantitative estimate of drug-likeness (QED) is 0.805. The molecule has 0 spiro atoms. The van der Waals surface area contributed by atoms with E-state index in [9.17, 15) is 9.59 Å². The molecule has 6 nitrogen and oxygen atoms in total. The SMILES string of the molecule is NC(=O)N1CCCC(C(=O)N2CC(N3CCCCC3)C2)C1. The van der Waals surface area contributed by atoms with Crippen molar-refractivity contribution in [1.29, 1.82) is 0 Å². The van der Waals surface area contributed by atoms with Crippen LogP contribution in [0.3, 0.4) is 0 Å². The second kappa shape index (κ2) is 6.22. The molecule has 118 valence electrons. The standard InChI is InChI=1S/C15H26N4O2/c16-15(21)18-8-4-5-12(9-18)14(20)19-10-13(11-19)17-6-2-1-3-7-17/h12-13H,1-11H2,(H2,16,21). The summed E-state index contributed by atoms with van der Waals surface area (Å²) < 4.78 is 0. The van der Waals surface area contributed by atoms with Crippen LogP contribution < -0.4 is 5.73 Å². The first-order valence-electron chi connectivity index (χ1n) is 8.22. The zero-order chi connectivity index (χ0) is 14.8. The molecule has 0 bridgehead atoms. The van der Waals surface area contributed by atoms with Gasteiger partial charge in [-0.1, -0.05) is 6.42 Å². The minimum absolute atomic E-state index is 0.0476. The van der Waals surface area contributed by atoms with E-state index in [0.29, 0.717) is 19.1 Å². The fourth-order valence-electron chi connectivity index (χ4n) is 3.79. The third-order valence-corrected chi connectivity index (χ3v) is 5.16. The van der Waals surface area contributed by atoms with E-state index < -0.39 is 6.03 Å². The Hall–Kier alpha value is -1.30. The van der Waals surface area contributed by atoms with Crippen molar-refractivity contribution in [3.05, 3.63) is 0 Å². The lowest BCUT2D eigenvalue weighted by Crippen LogP contribution is -2.63. The van der Waals surface area contributed by atoms with Crippen LogP contribution in [0.25, 0.3) is 0 Å². The Morgan fingerprint density at radius 2 is 1.57 bits per heavy atom. The molecule has 3 heterocycles. The van der Waals surface area contributed by atoms with Crippen molar-refractivity contribution in [2.75, 3.05) is 39.3 Å². The molecule has 0 saturated carbocycles. The number of rotatable bonds is 2. The molecular formula is C15H26N4O2. The Balaban J connectivity index is 1.47. The van der Waals surface area contributed by atoms with Gasteiger partial charge in [-0.3, -0.25) is 9.69 Å². The highest BCUT2D eigenvalue weighted by molar-refractivity contribution is 5.81. The molecule has 21 heavy (non-hydrogen) atoms. The highest BCUT2D eigenvalue weighted by Crippen LogP contribution is 2.24. The number of primary amides is 1. The van der Waals surface area contributed by atoms with E-state index in [1.54, 1.807) is 4.90 Å². The number of hydrogen-bond donors (Lipinski definition) is 1. The molecule has 1 atom stereocenters. The van der Waals surface area contributed by atoms with Gasteiger partial charge in [0.25, 0.3) is 0 Å². The van der Waals surface area contributed by atoms with E-state index in [2.05, 4.69) is 4.90 Å². The number of carbonyl (C=O) groups is 2. The minimum Gasteiger partial charge on any atom is -0.351 e. The summed E-state index contributed by atoms with van der Waals surface area (Å²) in [6.45, 7) is 5.30. The van der Waals surface area contributed by atoms with Crippen molar-refractivity contribution in [3.63, 3.8) is 0 Å². The monoisotopic (exact) mass is 294 g/mol. The van der Waals surface area contributed by atoms with E-state index in [1.807, 2.05) is 4.90 Å². The molecule has 3 amide bonds. The number of nitrogens with zero attached hydrogens (tertiary/aromatic N) is 3. The van der Waals surface area contributed by atoms with Crippen LogP contribution in [0.5, 0.6) is 0 Å². The van der Waals surface area contributed by atoms with Crippen molar-refractivity contribution in [3.8, 4) is 0 Å². The smallest absolute Gasteiger partial charge is 0.314 e. The summed E-state index contributed by atoms with van der Waals surface area (Å²) >= 11 is 0. The van der Waals surface area contributed by atoms with Crippen LogP contribution in [0.15, 0.2) is 0 Å². The highest BCUT2D eigenvalue weighted by atomic mass is 16.2. The number of piperidine rings is 2. The topological polar surface area (TPSA) is 69.9 Å². The largest absolute Gasteiger partial charge is 0.351 e. The molecule has 0 aromatic heterocycles. The van der Waals surface area contributed by atoms with Crippen LogP contribution in [0.1, 0.15) is 32.1 Å². The second-order valence-corrected chi connectivity index (χ2v) is 6.62. The Morgan fingerprint density at radius 1 is 0.857 bits per heavy atom. The lowest BCUT2D eigenvalue weighted by molar-refractivity contribution is -0.144. The molecule has 2 N–H and O–H groups in total. The first-order valence-corrected chi connectivity index (χ1v) is 8.22. The Kier molecular flexibility index (Phi) is 4.33. The van der Waals surface area contributed by atoms with Gasteiger partial charge in [0.15, 0.2) is 0 Å². The summed E-state index contributed by atoms with van der Waals surface area (Å²) in [5.41, 5.74) is 5.33. The van der Waals surface area contributed by atoms with E-state index >= 15 is 0 Å². The normalized spacial score (nSPS) is 28.3. The van der Waals surface area contributed by atoms with Crippen molar-refractivity contribution in [2.45, 2.75) is 38.1 Å². The van der Waals surface area contributed by atoms with Crippen LogP contribution in [0.4, 0.5) is 4.79 Å². The molecule has 0 aliphatic carbocycles. The predicted molar refractivity (Wildman–Crippen MR) is 79.7 cm³/mol. The van der Waals surface area contributed by atoms with Crippen LogP contribution >= 0.6 is 0 Å². The lowest BCUT2D eigenvalue weighted by Gasteiger charge is -2.48. The summed E-state index contributed by atoms with van der Waals surface area (Å²) in [6, 6.07) is 0.160. The number of amides is 3. The third-order valence-electron chi connectivity index (χ3n) is 5.16. The van der Waals surface area contributed by atoms with Crippen molar-refractivity contribution >= 4 is 11.9 Å². The molecule has 3 fully saturated rings. The third kappa shape index (κ3) is 3.15. The van der Waals surface area contributed by atoms with Crippen LogP contribution in [0.2, 0.25) is 0 Å². The van der Waals surface area contributed by atoms with E-state index in [1.165, 1.54) is 32.4 Å². The maximum absolute atomic E-state index is 12.5. The first-order chi connectivity index (χ1) is 10.1. The van der Waals surface area contributed by atoms with Crippen LogP contribution in [-0.4, -0.2) is 71.9 Å². The fraction of sp³-hybridized carbons (Fsp3) is 0.867. The zero-order valence-electron chi connectivity index (χ0n) is 12.7. The molecule has 0 radical (unpaired) electrons. The summed E-state index contributed by atoms with van der Waals surface area (Å²) in [7, 11) is 0. The van der Waals surface area contributed by atoms with Gasteiger partial charge >= 0.3 is 6.03 Å². The van der Waals surface area contributed by atoms with E-state index in [0.717, 1.165) is 25.9 Å². The van der Waals surface area contributed by atoms with Gasteiger partial charge in [-0.15, -0.1) is 0 Å². The number of likely N-dealkylation sites (tertiary alicyclic amines) is 3. The molecule has 0 aromatic rings. The average molecular weight is 294 g/mol. The van der Waals surface area contributed by atoms with Gasteiger partial charge in [0.2, 0.25) is 5.91 Å². The van der Waals surface area contributed by atoms with Gasteiger partial charge in [-0.05, 0) is 38.8 Å². The number of nitrogens with two attached hydrogens (primary N) is 1. The minimum atomic E-state index is -0.401. The Morgan fingerprint density at radius 3 is 2.24 bits per heavy atom. The molecule has 1 unspecified atom stereocenters. The van der Waals surface area contributed by atoms with Gasteiger partial charge in [-0.2, -0.15) is 0 Å². The molecule has 3 saturated heterocycles. The van der Waals surface area contributed by atoms with Gasteiger partial charge in [0.05, 0.1) is 5.92 Å². The summed E-state index contributed by atoms with van der Waals surface area (Å²) in [5.74, 6) is 0.169. The fourth-order valence-corrected chi connectivity index (χ4v) is 3.79. The van der Waals surface area contributed by atoms with Crippen LogP contribution in [0, 0.1) is 5.92 Å². The molecular weight excluding hydrogens is 268 g/mol. The van der Waals surface area contributed by atoms with Gasteiger partial charge in [0, 0.05) is 32.2 Å². The van der Waals surface area contributed by atoms with Crippen molar-refractivity contribution in [2.24, 2.45) is 11.7 Å². The van der Waals surface area contributed by atoms with Gasteiger partial charge in [-0.25, -0.2) is 4.79 Å². The maximum atomic E-state index is 12.5. The average Bonchev–Trinajstić information content (AvgIpc) is 2.47.